The Kier molecular flexibility index (Phi) is 4.93. The van der Waals surface area contributed by atoms with Crippen LogP contribution in [0.4, 0.5) is 0 Å². The Morgan fingerprint density at radius 1 is 1.28 bits per heavy atom. The Hall–Kier alpha value is -1.65. The van der Waals surface area contributed by atoms with Gasteiger partial charge in [0.05, 0.1) is 13.2 Å². The smallest absolute Gasteiger partial charge is 0.124 e. The number of aromatic nitrogens is 2. The predicted octanol–water partition coefficient (Wildman–Crippen LogP) is 2.17. The largest absolute Gasteiger partial charge is 0.356 e. The van der Waals surface area contributed by atoms with Gasteiger partial charge in [-0.15, -0.1) is 0 Å². The van der Waals surface area contributed by atoms with Gasteiger partial charge in [-0.25, -0.2) is 4.98 Å². The highest BCUT2D eigenvalue weighted by molar-refractivity contribution is 5.13. The van der Waals surface area contributed by atoms with Crippen LogP contribution in [0.3, 0.4) is 0 Å². The molecule has 4 heteroatoms. The highest BCUT2D eigenvalue weighted by Crippen LogP contribution is 2.03. The van der Waals surface area contributed by atoms with Crippen molar-refractivity contribution in [3.8, 4) is 0 Å². The van der Waals surface area contributed by atoms with E-state index in [2.05, 4.69) is 29.4 Å². The predicted molar refractivity (Wildman–Crippen MR) is 70.8 cm³/mol. The third-order valence-corrected chi connectivity index (χ3v) is 2.68. The Morgan fingerprint density at radius 2 is 2.11 bits per heavy atom. The summed E-state index contributed by atoms with van der Waals surface area (Å²) in [4.78, 5) is 4.30. The summed E-state index contributed by atoms with van der Waals surface area (Å²) in [7, 11) is 0. The fourth-order valence-electron chi connectivity index (χ4n) is 1.70. The summed E-state index contributed by atoms with van der Waals surface area (Å²) >= 11 is 0. The lowest BCUT2D eigenvalue weighted by atomic mass is 10.2. The first-order chi connectivity index (χ1) is 8.90. The van der Waals surface area contributed by atoms with Crippen LogP contribution in [0.25, 0.3) is 0 Å². The molecule has 0 unspecified atom stereocenters. The maximum Gasteiger partial charge on any atom is 0.124 e. The van der Waals surface area contributed by atoms with E-state index in [1.807, 2.05) is 29.0 Å². The average molecular weight is 245 g/mol. The second kappa shape index (κ2) is 6.93. The van der Waals surface area contributed by atoms with Crippen LogP contribution >= 0.6 is 0 Å². The monoisotopic (exact) mass is 245 g/mol. The molecule has 0 aliphatic heterocycles. The van der Waals surface area contributed by atoms with Gasteiger partial charge in [0.15, 0.2) is 0 Å². The molecular weight excluding hydrogens is 226 g/mol. The van der Waals surface area contributed by atoms with Gasteiger partial charge in [-0.05, 0) is 12.1 Å². The number of benzene rings is 1. The summed E-state index contributed by atoms with van der Waals surface area (Å²) in [5, 5.41) is 3.26. The summed E-state index contributed by atoms with van der Waals surface area (Å²) in [6, 6.07) is 10.2. The quantitative estimate of drug-likeness (QED) is 0.812. The minimum atomic E-state index is 0.537. The second-order valence-electron chi connectivity index (χ2n) is 4.06. The number of ether oxygens (including phenoxy) is 1. The lowest BCUT2D eigenvalue weighted by molar-refractivity contribution is 0.0619. The second-order valence-corrected chi connectivity index (χ2v) is 4.06. The fourth-order valence-corrected chi connectivity index (χ4v) is 1.70. The van der Waals surface area contributed by atoms with E-state index < -0.39 is 0 Å². The van der Waals surface area contributed by atoms with Crippen LogP contribution < -0.4 is 5.32 Å². The summed E-state index contributed by atoms with van der Waals surface area (Å²) in [6.07, 6.45) is 3.75. The summed E-state index contributed by atoms with van der Waals surface area (Å²) < 4.78 is 7.70. The van der Waals surface area contributed by atoms with E-state index in [4.69, 9.17) is 4.74 Å². The van der Waals surface area contributed by atoms with Crippen molar-refractivity contribution < 1.29 is 4.74 Å². The van der Waals surface area contributed by atoms with E-state index >= 15 is 0 Å². The molecule has 0 saturated carbocycles. The molecule has 1 heterocycles. The normalized spacial score (nSPS) is 10.7. The topological polar surface area (TPSA) is 39.1 Å². The maximum atomic E-state index is 5.68. The number of hydrogen-bond donors (Lipinski definition) is 1. The van der Waals surface area contributed by atoms with E-state index in [0.29, 0.717) is 13.3 Å². The standard InChI is InChI=1S/C14H19N3O/c1-2-15-10-14-16-8-9-17(14)12-18-11-13-6-4-3-5-7-13/h3-9,15H,2,10-12H2,1H3. The minimum absolute atomic E-state index is 0.537. The number of imidazole rings is 1. The molecule has 0 aliphatic carbocycles. The number of rotatable bonds is 7. The van der Waals surface area contributed by atoms with Crippen molar-refractivity contribution in [2.75, 3.05) is 6.54 Å². The number of nitrogens with one attached hydrogen (secondary N) is 1. The van der Waals surface area contributed by atoms with Gasteiger partial charge in [-0.1, -0.05) is 37.3 Å². The Labute approximate surface area is 108 Å². The Bertz CT molecular complexity index is 453. The summed E-state index contributed by atoms with van der Waals surface area (Å²) in [5.41, 5.74) is 1.19. The van der Waals surface area contributed by atoms with Crippen molar-refractivity contribution in [1.82, 2.24) is 14.9 Å². The molecule has 0 saturated heterocycles. The molecule has 1 aromatic heterocycles. The molecule has 2 aromatic rings. The molecule has 2 rings (SSSR count). The zero-order valence-electron chi connectivity index (χ0n) is 10.7. The fraction of sp³-hybridized carbons (Fsp3) is 0.357. The van der Waals surface area contributed by atoms with E-state index in [1.165, 1.54) is 5.56 Å². The van der Waals surface area contributed by atoms with Crippen LogP contribution in [0, 0.1) is 0 Å². The first-order valence-corrected chi connectivity index (χ1v) is 6.22. The van der Waals surface area contributed by atoms with Crippen LogP contribution in [0.2, 0.25) is 0 Å². The molecular formula is C14H19N3O. The average Bonchev–Trinajstić information content (AvgIpc) is 2.85. The van der Waals surface area contributed by atoms with E-state index in [-0.39, 0.29) is 0 Å². The number of nitrogens with zero attached hydrogens (tertiary/aromatic N) is 2. The highest BCUT2D eigenvalue weighted by Gasteiger charge is 2.01. The van der Waals surface area contributed by atoms with E-state index in [1.54, 1.807) is 6.20 Å². The molecule has 1 N–H and O–H groups in total. The van der Waals surface area contributed by atoms with Crippen LogP contribution in [-0.2, 0) is 24.6 Å². The molecule has 0 fully saturated rings. The van der Waals surface area contributed by atoms with Crippen molar-refractivity contribution in [3.05, 3.63) is 54.1 Å². The minimum Gasteiger partial charge on any atom is -0.356 e. The highest BCUT2D eigenvalue weighted by atomic mass is 16.5. The number of hydrogen-bond acceptors (Lipinski definition) is 3. The van der Waals surface area contributed by atoms with Crippen molar-refractivity contribution in [1.29, 1.82) is 0 Å². The van der Waals surface area contributed by atoms with Gasteiger partial charge >= 0.3 is 0 Å². The third kappa shape index (κ3) is 3.68. The van der Waals surface area contributed by atoms with Gasteiger partial charge in [0, 0.05) is 12.4 Å². The molecule has 0 radical (unpaired) electrons. The Balaban J connectivity index is 1.81. The van der Waals surface area contributed by atoms with Crippen LogP contribution in [0.5, 0.6) is 0 Å². The molecule has 0 bridgehead atoms. The van der Waals surface area contributed by atoms with Crippen molar-refractivity contribution in [2.24, 2.45) is 0 Å². The summed E-state index contributed by atoms with van der Waals surface area (Å²) in [5.74, 6) is 1.00. The van der Waals surface area contributed by atoms with Crippen LogP contribution in [-0.4, -0.2) is 16.1 Å². The molecule has 96 valence electrons. The van der Waals surface area contributed by atoms with Gasteiger partial charge in [0.2, 0.25) is 0 Å². The van der Waals surface area contributed by atoms with Gasteiger partial charge < -0.3 is 14.6 Å². The van der Waals surface area contributed by atoms with Gasteiger partial charge in [0.25, 0.3) is 0 Å². The first kappa shape index (κ1) is 12.8. The lowest BCUT2D eigenvalue weighted by Gasteiger charge is -2.09. The van der Waals surface area contributed by atoms with Crippen molar-refractivity contribution in [2.45, 2.75) is 26.8 Å². The summed E-state index contributed by atoms with van der Waals surface area (Å²) in [6.45, 7) is 4.96. The van der Waals surface area contributed by atoms with E-state index in [0.717, 1.165) is 18.9 Å². The molecule has 0 amide bonds. The zero-order valence-corrected chi connectivity index (χ0v) is 10.7. The van der Waals surface area contributed by atoms with E-state index in [9.17, 15) is 0 Å². The van der Waals surface area contributed by atoms with Crippen molar-refractivity contribution >= 4 is 0 Å². The zero-order chi connectivity index (χ0) is 12.6. The van der Waals surface area contributed by atoms with Crippen LogP contribution in [0.15, 0.2) is 42.7 Å². The third-order valence-electron chi connectivity index (χ3n) is 2.68. The molecule has 18 heavy (non-hydrogen) atoms. The van der Waals surface area contributed by atoms with Gasteiger partial charge in [-0.3, -0.25) is 0 Å². The SMILES string of the molecule is CCNCc1nccn1COCc1ccccc1. The van der Waals surface area contributed by atoms with Gasteiger partial charge in [0.1, 0.15) is 12.6 Å². The van der Waals surface area contributed by atoms with Gasteiger partial charge in [-0.2, -0.15) is 0 Å². The first-order valence-electron chi connectivity index (χ1n) is 6.22. The molecule has 0 atom stereocenters. The van der Waals surface area contributed by atoms with Crippen LogP contribution in [0.1, 0.15) is 18.3 Å². The van der Waals surface area contributed by atoms with Crippen molar-refractivity contribution in [3.63, 3.8) is 0 Å². The molecule has 1 aromatic carbocycles. The molecule has 4 nitrogen and oxygen atoms in total. The lowest BCUT2D eigenvalue weighted by Crippen LogP contribution is -2.17. The maximum absolute atomic E-state index is 5.68. The Morgan fingerprint density at radius 3 is 2.89 bits per heavy atom. The molecule has 0 spiro atoms. The molecule has 0 aliphatic rings.